The van der Waals surface area contributed by atoms with Crippen molar-refractivity contribution in [2.45, 2.75) is 31.4 Å². The van der Waals surface area contributed by atoms with Crippen molar-refractivity contribution in [1.29, 1.82) is 0 Å². The van der Waals surface area contributed by atoms with Crippen LogP contribution in [0, 0.1) is 0 Å². The lowest BCUT2D eigenvalue weighted by Crippen LogP contribution is -2.00. The fraction of sp³-hybridized carbons (Fsp3) is 0.625. The van der Waals surface area contributed by atoms with E-state index in [4.69, 9.17) is 5.73 Å². The van der Waals surface area contributed by atoms with E-state index in [1.54, 1.807) is 4.52 Å². The van der Waals surface area contributed by atoms with E-state index in [1.165, 1.54) is 11.3 Å². The van der Waals surface area contributed by atoms with Gasteiger partial charge in [-0.3, -0.25) is 0 Å². The molecule has 0 radical (unpaired) electrons. The number of nitrogens with two attached hydrogens (primary N) is 1. The highest BCUT2D eigenvalue weighted by Gasteiger charge is 2.11. The zero-order valence-electron chi connectivity index (χ0n) is 8.67. The average Bonchev–Trinajstić information content (AvgIpc) is 2.73. The molecule has 0 atom stereocenters. The van der Waals surface area contributed by atoms with E-state index in [9.17, 15) is 0 Å². The lowest BCUT2D eigenvalue weighted by Gasteiger charge is -2.00. The van der Waals surface area contributed by atoms with Crippen LogP contribution in [0.4, 0.5) is 0 Å². The molecule has 82 valence electrons. The molecule has 5 nitrogen and oxygen atoms in total. The third-order valence-electron chi connectivity index (χ3n) is 1.82. The second-order valence-electron chi connectivity index (χ2n) is 3.37. The molecule has 2 N–H and O–H groups in total. The van der Waals surface area contributed by atoms with Gasteiger partial charge in [0.1, 0.15) is 5.01 Å². The van der Waals surface area contributed by atoms with E-state index in [0.717, 1.165) is 21.5 Å². The van der Waals surface area contributed by atoms with Gasteiger partial charge in [0.05, 0.1) is 5.75 Å². The van der Waals surface area contributed by atoms with Gasteiger partial charge in [-0.2, -0.15) is 21.4 Å². The molecule has 2 aromatic rings. The van der Waals surface area contributed by atoms with Gasteiger partial charge in [0.25, 0.3) is 0 Å². The minimum absolute atomic E-state index is 0.463. The van der Waals surface area contributed by atoms with Crippen LogP contribution in [-0.2, 0) is 12.3 Å². The van der Waals surface area contributed by atoms with E-state index in [1.807, 2.05) is 11.8 Å². The number of rotatable bonds is 4. The molecule has 0 amide bonds. The molecule has 2 heterocycles. The van der Waals surface area contributed by atoms with Crippen molar-refractivity contribution in [3.63, 3.8) is 0 Å². The number of nitrogens with zero attached hydrogens (tertiary/aromatic N) is 4. The second-order valence-corrected chi connectivity index (χ2v) is 5.98. The van der Waals surface area contributed by atoms with Gasteiger partial charge in [-0.1, -0.05) is 25.2 Å². The molecule has 15 heavy (non-hydrogen) atoms. The molecule has 0 saturated heterocycles. The van der Waals surface area contributed by atoms with Crippen LogP contribution in [0.2, 0.25) is 0 Å². The number of hydrogen-bond acceptors (Lipinski definition) is 6. The summed E-state index contributed by atoms with van der Waals surface area (Å²) in [5, 5.41) is 14.0. The Morgan fingerprint density at radius 3 is 2.93 bits per heavy atom. The highest BCUT2D eigenvalue weighted by molar-refractivity contribution is 7.99. The molecule has 0 bridgehead atoms. The highest BCUT2D eigenvalue weighted by atomic mass is 32.2. The Labute approximate surface area is 96.1 Å². The molecule has 0 aliphatic carbocycles. The molecule has 0 unspecified atom stereocenters. The van der Waals surface area contributed by atoms with Crippen molar-refractivity contribution < 1.29 is 0 Å². The van der Waals surface area contributed by atoms with Crippen LogP contribution < -0.4 is 5.73 Å². The predicted molar refractivity (Wildman–Crippen MR) is 63.0 cm³/mol. The lowest BCUT2D eigenvalue weighted by molar-refractivity contribution is 0.842. The van der Waals surface area contributed by atoms with Gasteiger partial charge in [0, 0.05) is 6.54 Å². The Balaban J connectivity index is 2.23. The van der Waals surface area contributed by atoms with Crippen molar-refractivity contribution >= 4 is 28.1 Å². The Morgan fingerprint density at radius 2 is 2.27 bits per heavy atom. The van der Waals surface area contributed by atoms with Crippen molar-refractivity contribution in [3.05, 3.63) is 10.8 Å². The summed E-state index contributed by atoms with van der Waals surface area (Å²) in [6.45, 7) is 4.79. The van der Waals surface area contributed by atoms with Crippen LogP contribution in [0.5, 0.6) is 0 Å². The van der Waals surface area contributed by atoms with E-state index in [-0.39, 0.29) is 0 Å². The molecule has 0 aliphatic rings. The van der Waals surface area contributed by atoms with Crippen LogP contribution in [0.15, 0.2) is 0 Å². The van der Waals surface area contributed by atoms with Crippen LogP contribution >= 0.6 is 23.1 Å². The molecule has 0 aromatic carbocycles. The zero-order chi connectivity index (χ0) is 10.8. The van der Waals surface area contributed by atoms with Crippen molar-refractivity contribution in [2.75, 3.05) is 0 Å². The summed E-state index contributed by atoms with van der Waals surface area (Å²) < 4.78 is 1.79. The normalized spacial score (nSPS) is 11.7. The predicted octanol–water partition coefficient (Wildman–Crippen LogP) is 1.29. The fourth-order valence-electron chi connectivity index (χ4n) is 1.11. The monoisotopic (exact) mass is 243 g/mol. The third kappa shape index (κ3) is 2.30. The quantitative estimate of drug-likeness (QED) is 0.876. The lowest BCUT2D eigenvalue weighted by atomic mass is 10.6. The van der Waals surface area contributed by atoms with Gasteiger partial charge in [-0.15, -0.1) is 10.2 Å². The van der Waals surface area contributed by atoms with Gasteiger partial charge in [-0.25, -0.2) is 0 Å². The number of thioether (sulfide) groups is 1. The first-order chi connectivity index (χ1) is 7.20. The maximum atomic E-state index is 5.53. The smallest absolute Gasteiger partial charge is 0.234 e. The summed E-state index contributed by atoms with van der Waals surface area (Å²) in [6.07, 6.45) is 0. The first-order valence-corrected chi connectivity index (χ1v) is 6.59. The summed E-state index contributed by atoms with van der Waals surface area (Å²) in [7, 11) is 0. The summed E-state index contributed by atoms with van der Waals surface area (Å²) in [4.78, 5) is 0.829. The first-order valence-electron chi connectivity index (χ1n) is 4.72. The van der Waals surface area contributed by atoms with Crippen LogP contribution in [0.25, 0.3) is 4.96 Å². The van der Waals surface area contributed by atoms with Crippen molar-refractivity contribution in [2.24, 2.45) is 5.73 Å². The van der Waals surface area contributed by atoms with Crippen molar-refractivity contribution in [1.82, 2.24) is 19.8 Å². The standard InChI is InChI=1S/C8H13N5S2/c1-5(2)14-4-6-10-11-8-13(6)12-7(3-9)15-8/h5H,3-4,9H2,1-2H3. The third-order valence-corrected chi connectivity index (χ3v) is 3.83. The Bertz CT molecular complexity index is 447. The Morgan fingerprint density at radius 1 is 1.47 bits per heavy atom. The zero-order valence-corrected chi connectivity index (χ0v) is 10.3. The summed E-state index contributed by atoms with van der Waals surface area (Å²) in [5.74, 6) is 1.74. The summed E-state index contributed by atoms with van der Waals surface area (Å²) in [6, 6.07) is 0. The van der Waals surface area contributed by atoms with E-state index >= 15 is 0 Å². The molecule has 0 saturated carbocycles. The maximum absolute atomic E-state index is 5.53. The topological polar surface area (TPSA) is 69.1 Å². The molecule has 7 heteroatoms. The molecule has 2 aromatic heterocycles. The molecular weight excluding hydrogens is 230 g/mol. The minimum atomic E-state index is 0.463. The highest BCUT2D eigenvalue weighted by Crippen LogP contribution is 2.19. The molecule has 2 rings (SSSR count). The number of aromatic nitrogens is 4. The molecule has 0 aliphatic heterocycles. The molecule has 0 spiro atoms. The van der Waals surface area contributed by atoms with Gasteiger partial charge >= 0.3 is 0 Å². The fourth-order valence-corrected chi connectivity index (χ4v) is 2.50. The van der Waals surface area contributed by atoms with E-state index in [0.29, 0.717) is 11.8 Å². The van der Waals surface area contributed by atoms with Crippen LogP contribution in [-0.4, -0.2) is 25.1 Å². The Kier molecular flexibility index (Phi) is 3.22. The first kappa shape index (κ1) is 10.8. The molecular formula is C8H13N5S2. The number of hydrogen-bond donors (Lipinski definition) is 1. The van der Waals surface area contributed by atoms with Gasteiger partial charge in [0.2, 0.25) is 4.96 Å². The van der Waals surface area contributed by atoms with E-state index in [2.05, 4.69) is 29.1 Å². The summed E-state index contributed by atoms with van der Waals surface area (Å²) in [5.41, 5.74) is 5.53. The Hall–Kier alpha value is -0.660. The molecule has 0 fully saturated rings. The minimum Gasteiger partial charge on any atom is -0.324 e. The van der Waals surface area contributed by atoms with Crippen molar-refractivity contribution in [3.8, 4) is 0 Å². The largest absolute Gasteiger partial charge is 0.324 e. The van der Waals surface area contributed by atoms with Gasteiger partial charge < -0.3 is 5.73 Å². The van der Waals surface area contributed by atoms with Gasteiger partial charge in [0.15, 0.2) is 5.82 Å². The number of fused-ring (bicyclic) bond motifs is 1. The second kappa shape index (κ2) is 4.46. The van der Waals surface area contributed by atoms with E-state index < -0.39 is 0 Å². The van der Waals surface area contributed by atoms with Crippen LogP contribution in [0.3, 0.4) is 0 Å². The summed E-state index contributed by atoms with van der Waals surface area (Å²) >= 11 is 3.33. The average molecular weight is 243 g/mol. The maximum Gasteiger partial charge on any atom is 0.234 e. The van der Waals surface area contributed by atoms with Gasteiger partial charge in [-0.05, 0) is 5.25 Å². The SMILES string of the molecule is CC(C)SCc1nnc2sc(CN)nn12. The van der Waals surface area contributed by atoms with Crippen LogP contribution in [0.1, 0.15) is 24.7 Å².